The zero-order valence-corrected chi connectivity index (χ0v) is 8.34. The van der Waals surface area contributed by atoms with Crippen LogP contribution >= 0.6 is 23.2 Å². The zero-order valence-electron chi connectivity index (χ0n) is 6.83. The maximum Gasteiger partial charge on any atom is 0.418 e. The van der Waals surface area contributed by atoms with Gasteiger partial charge in [0.05, 0.1) is 5.56 Å². The van der Waals surface area contributed by atoms with Gasteiger partial charge in [-0.05, 0) is 17.7 Å². The minimum Gasteiger partial charge on any atom is -0.398 e. The van der Waals surface area contributed by atoms with Crippen molar-refractivity contribution < 1.29 is 13.2 Å². The molecule has 0 saturated heterocycles. The van der Waals surface area contributed by atoms with E-state index in [0.717, 1.165) is 6.07 Å². The molecule has 0 aliphatic heterocycles. The molecule has 6 heteroatoms. The third kappa shape index (κ3) is 2.25. The smallest absolute Gasteiger partial charge is 0.398 e. The second-order valence-electron chi connectivity index (χ2n) is 2.66. The molecule has 0 heterocycles. The lowest BCUT2D eigenvalue weighted by atomic mass is 10.1. The van der Waals surface area contributed by atoms with E-state index in [-0.39, 0.29) is 22.2 Å². The fourth-order valence-electron chi connectivity index (χ4n) is 1.02. The van der Waals surface area contributed by atoms with Crippen LogP contribution in [0.5, 0.6) is 0 Å². The zero-order chi connectivity index (χ0) is 10.9. The summed E-state index contributed by atoms with van der Waals surface area (Å²) in [5.74, 6) is -0.102. The highest BCUT2D eigenvalue weighted by Gasteiger charge is 2.34. The summed E-state index contributed by atoms with van der Waals surface area (Å²) in [6.45, 7) is 0. The molecule has 1 aromatic carbocycles. The van der Waals surface area contributed by atoms with Crippen molar-refractivity contribution in [1.29, 1.82) is 0 Å². The average Bonchev–Trinajstić information content (AvgIpc) is 2.06. The second-order valence-corrected chi connectivity index (χ2v) is 3.36. The topological polar surface area (TPSA) is 26.0 Å². The Bertz CT molecular complexity index is 349. The lowest BCUT2D eigenvalue weighted by Gasteiger charge is -2.12. The molecule has 0 aliphatic rings. The molecule has 1 nitrogen and oxygen atoms in total. The van der Waals surface area contributed by atoms with Crippen molar-refractivity contribution in [3.8, 4) is 0 Å². The van der Waals surface area contributed by atoms with E-state index in [9.17, 15) is 13.2 Å². The number of hydrogen-bond acceptors (Lipinski definition) is 1. The highest BCUT2D eigenvalue weighted by atomic mass is 35.5. The Hall–Kier alpha value is -0.610. The van der Waals surface area contributed by atoms with E-state index in [2.05, 4.69) is 0 Å². The van der Waals surface area contributed by atoms with Crippen LogP contribution in [-0.2, 0) is 12.1 Å². The number of rotatable bonds is 1. The molecule has 0 fully saturated rings. The molecule has 14 heavy (non-hydrogen) atoms. The summed E-state index contributed by atoms with van der Waals surface area (Å²) in [7, 11) is 0. The molecule has 0 bridgehead atoms. The van der Waals surface area contributed by atoms with Crippen molar-refractivity contribution in [3.63, 3.8) is 0 Å². The standard InChI is InChI=1S/C8H6Cl2F3N/c9-3-4-1-5(10)2-6(7(4)14)8(11,12)13/h1-2H,3,14H2. The molecular weight excluding hydrogens is 238 g/mol. The largest absolute Gasteiger partial charge is 0.418 e. The van der Waals surface area contributed by atoms with E-state index in [1.807, 2.05) is 0 Å². The summed E-state index contributed by atoms with van der Waals surface area (Å²) in [5, 5.41) is -0.0258. The van der Waals surface area contributed by atoms with E-state index in [0.29, 0.717) is 0 Å². The van der Waals surface area contributed by atoms with Crippen molar-refractivity contribution in [2.24, 2.45) is 0 Å². The predicted octanol–water partition coefficient (Wildman–Crippen LogP) is 3.68. The summed E-state index contributed by atoms with van der Waals surface area (Å²) in [4.78, 5) is 0. The number of nitrogens with two attached hydrogens (primary N) is 1. The molecule has 1 rings (SSSR count). The Morgan fingerprint density at radius 1 is 1.29 bits per heavy atom. The molecule has 0 amide bonds. The van der Waals surface area contributed by atoms with Crippen LogP contribution in [0.25, 0.3) is 0 Å². The Balaban J connectivity index is 3.37. The fraction of sp³-hybridized carbons (Fsp3) is 0.250. The lowest BCUT2D eigenvalue weighted by Crippen LogP contribution is -2.10. The SMILES string of the molecule is Nc1c(CCl)cc(Cl)cc1C(F)(F)F. The normalized spacial score (nSPS) is 11.8. The van der Waals surface area contributed by atoms with Crippen LogP contribution in [0.2, 0.25) is 5.02 Å². The first-order valence-corrected chi connectivity index (χ1v) is 4.48. The van der Waals surface area contributed by atoms with E-state index in [1.165, 1.54) is 6.07 Å². The molecule has 0 atom stereocenters. The molecule has 78 valence electrons. The van der Waals surface area contributed by atoms with Crippen molar-refractivity contribution in [2.75, 3.05) is 5.73 Å². The predicted molar refractivity (Wildman–Crippen MR) is 50.4 cm³/mol. The van der Waals surface area contributed by atoms with Crippen LogP contribution < -0.4 is 5.73 Å². The van der Waals surface area contributed by atoms with Crippen LogP contribution in [0.15, 0.2) is 12.1 Å². The number of alkyl halides is 4. The maximum absolute atomic E-state index is 12.4. The summed E-state index contributed by atoms with van der Waals surface area (Å²) in [6, 6.07) is 2.10. The molecule has 0 unspecified atom stereocenters. The molecule has 0 aliphatic carbocycles. The summed E-state index contributed by atoms with van der Waals surface area (Å²) in [5.41, 5.74) is 4.16. The van der Waals surface area contributed by atoms with Gasteiger partial charge in [-0.25, -0.2) is 0 Å². The van der Waals surface area contributed by atoms with Gasteiger partial charge in [0.25, 0.3) is 0 Å². The Morgan fingerprint density at radius 3 is 2.29 bits per heavy atom. The van der Waals surface area contributed by atoms with E-state index in [4.69, 9.17) is 28.9 Å². The van der Waals surface area contributed by atoms with Gasteiger partial charge >= 0.3 is 6.18 Å². The van der Waals surface area contributed by atoms with Gasteiger partial charge in [0, 0.05) is 16.6 Å². The van der Waals surface area contributed by atoms with Gasteiger partial charge in [-0.3, -0.25) is 0 Å². The Kier molecular flexibility index (Phi) is 3.17. The van der Waals surface area contributed by atoms with Crippen molar-refractivity contribution >= 4 is 28.9 Å². The van der Waals surface area contributed by atoms with Crippen LogP contribution in [0, 0.1) is 0 Å². The van der Waals surface area contributed by atoms with Crippen molar-refractivity contribution in [3.05, 3.63) is 28.3 Å². The molecule has 1 aromatic rings. The van der Waals surface area contributed by atoms with Gasteiger partial charge < -0.3 is 5.73 Å². The molecule has 0 radical (unpaired) electrons. The minimum atomic E-state index is -4.50. The molecule has 0 aromatic heterocycles. The fourth-order valence-corrected chi connectivity index (χ4v) is 1.48. The van der Waals surface area contributed by atoms with Gasteiger partial charge in [0.15, 0.2) is 0 Å². The number of nitrogen functional groups attached to an aromatic ring is 1. The Labute approximate surface area is 88.6 Å². The highest BCUT2D eigenvalue weighted by molar-refractivity contribution is 6.31. The average molecular weight is 244 g/mol. The third-order valence-corrected chi connectivity index (χ3v) is 2.19. The molecule has 0 spiro atoms. The first-order valence-electron chi connectivity index (χ1n) is 3.57. The summed E-state index contributed by atoms with van der Waals surface area (Å²) >= 11 is 10.9. The van der Waals surface area contributed by atoms with Crippen LogP contribution in [0.4, 0.5) is 18.9 Å². The van der Waals surface area contributed by atoms with Gasteiger partial charge in [0.2, 0.25) is 0 Å². The minimum absolute atomic E-state index is 0.0258. The van der Waals surface area contributed by atoms with Crippen LogP contribution in [0.3, 0.4) is 0 Å². The number of halogens is 5. The number of benzene rings is 1. The van der Waals surface area contributed by atoms with Crippen molar-refractivity contribution in [1.82, 2.24) is 0 Å². The first kappa shape index (κ1) is 11.5. The van der Waals surface area contributed by atoms with E-state index < -0.39 is 11.7 Å². The quantitative estimate of drug-likeness (QED) is 0.591. The second kappa shape index (κ2) is 3.87. The Morgan fingerprint density at radius 2 is 1.86 bits per heavy atom. The molecule has 2 N–H and O–H groups in total. The van der Waals surface area contributed by atoms with Gasteiger partial charge in [0.1, 0.15) is 0 Å². The summed E-state index contributed by atoms with van der Waals surface area (Å²) in [6.07, 6.45) is -4.50. The number of hydrogen-bond donors (Lipinski definition) is 1. The van der Waals surface area contributed by atoms with Gasteiger partial charge in [-0.1, -0.05) is 11.6 Å². The first-order chi connectivity index (χ1) is 6.36. The number of anilines is 1. The summed E-state index contributed by atoms with van der Waals surface area (Å²) < 4.78 is 37.1. The monoisotopic (exact) mass is 243 g/mol. The highest BCUT2D eigenvalue weighted by Crippen LogP contribution is 2.37. The lowest BCUT2D eigenvalue weighted by molar-refractivity contribution is -0.136. The van der Waals surface area contributed by atoms with Crippen LogP contribution in [-0.4, -0.2) is 0 Å². The van der Waals surface area contributed by atoms with Gasteiger partial charge in [-0.2, -0.15) is 13.2 Å². The third-order valence-electron chi connectivity index (χ3n) is 1.68. The van der Waals surface area contributed by atoms with Gasteiger partial charge in [-0.15, -0.1) is 11.6 Å². The van der Waals surface area contributed by atoms with Crippen LogP contribution in [0.1, 0.15) is 11.1 Å². The maximum atomic E-state index is 12.4. The van der Waals surface area contributed by atoms with E-state index >= 15 is 0 Å². The van der Waals surface area contributed by atoms with E-state index in [1.54, 1.807) is 0 Å². The molecular formula is C8H6Cl2F3N. The van der Waals surface area contributed by atoms with Crippen molar-refractivity contribution in [2.45, 2.75) is 12.1 Å². The molecule has 0 saturated carbocycles.